The van der Waals surface area contributed by atoms with E-state index >= 15 is 4.39 Å². The van der Waals surface area contributed by atoms with Crippen molar-refractivity contribution in [2.45, 2.75) is 39.0 Å². The first-order valence-electron chi connectivity index (χ1n) is 11.8. The number of alkyl carbamates (subject to hydrolysis) is 1. The van der Waals surface area contributed by atoms with Gasteiger partial charge in [-0.15, -0.1) is 0 Å². The number of fused-ring (bicyclic) bond motifs is 1. The van der Waals surface area contributed by atoms with Crippen LogP contribution in [-0.2, 0) is 14.3 Å². The van der Waals surface area contributed by atoms with Crippen molar-refractivity contribution in [1.29, 1.82) is 0 Å². The highest BCUT2D eigenvalue weighted by molar-refractivity contribution is 6.23. The van der Waals surface area contributed by atoms with Gasteiger partial charge in [0.1, 0.15) is 17.0 Å². The van der Waals surface area contributed by atoms with E-state index in [1.165, 1.54) is 55.5 Å². The maximum atomic E-state index is 15.1. The Morgan fingerprint density at radius 3 is 2.32 bits per heavy atom. The molecule has 0 bridgehead atoms. The predicted octanol–water partition coefficient (Wildman–Crippen LogP) is 4.76. The number of nitrogens with zero attached hydrogens (tertiary/aromatic N) is 3. The average molecular weight is 519 g/mol. The lowest BCUT2D eigenvalue weighted by molar-refractivity contribution is -0.123. The highest BCUT2D eigenvalue weighted by Crippen LogP contribution is 2.37. The minimum absolute atomic E-state index is 0.00659. The van der Waals surface area contributed by atoms with E-state index in [0.29, 0.717) is 5.56 Å². The number of aliphatic imine (C=N–C) groups is 1. The van der Waals surface area contributed by atoms with Gasteiger partial charge in [0.05, 0.1) is 18.5 Å². The molecule has 0 aliphatic carbocycles. The first kappa shape index (κ1) is 26.5. The number of rotatable bonds is 4. The number of aromatic nitrogens is 1. The van der Waals surface area contributed by atoms with Gasteiger partial charge >= 0.3 is 12.1 Å². The van der Waals surface area contributed by atoms with Crippen molar-refractivity contribution in [3.63, 3.8) is 0 Å². The Kier molecular flexibility index (Phi) is 6.99. The lowest BCUT2D eigenvalue weighted by Gasteiger charge is -2.31. The zero-order chi connectivity index (χ0) is 27.7. The molecule has 2 aromatic carbocycles. The molecule has 2 heterocycles. The number of benzodiazepines with no additional fused rings is 1. The molecule has 1 aliphatic rings. The number of nitrogens with one attached hydrogen (secondary N) is 1. The minimum Gasteiger partial charge on any atom is -0.465 e. The summed E-state index contributed by atoms with van der Waals surface area (Å²) in [6, 6.07) is 15.7. The molecule has 4 rings (SSSR count). The summed E-state index contributed by atoms with van der Waals surface area (Å²) in [7, 11) is 1.21. The van der Waals surface area contributed by atoms with Gasteiger partial charge in [0.2, 0.25) is 5.66 Å². The minimum atomic E-state index is -2.00. The first-order valence-corrected chi connectivity index (χ1v) is 11.8. The number of methoxy groups -OCH3 is 1. The van der Waals surface area contributed by atoms with Crippen molar-refractivity contribution >= 4 is 35.2 Å². The van der Waals surface area contributed by atoms with Crippen LogP contribution in [0.3, 0.4) is 0 Å². The third-order valence-electron chi connectivity index (χ3n) is 5.63. The molecule has 10 heteroatoms. The molecule has 38 heavy (non-hydrogen) atoms. The fourth-order valence-electron chi connectivity index (χ4n) is 4.02. The Morgan fingerprint density at radius 1 is 1.00 bits per heavy atom. The number of carbonyl (C=O) groups excluding carboxylic acids is 3. The SMILES string of the molecule is COC(=O)c1cccnc1N1C(=O)C(C)(NC(=O)OC(C)(C)C)N=C(c2ccccc2F)c2ccccc21. The van der Waals surface area contributed by atoms with Crippen LogP contribution < -0.4 is 10.2 Å². The Bertz CT molecular complexity index is 1450. The highest BCUT2D eigenvalue weighted by atomic mass is 19.1. The Labute approximate surface area is 219 Å². The van der Waals surface area contributed by atoms with E-state index in [-0.39, 0.29) is 28.3 Å². The van der Waals surface area contributed by atoms with Crippen LogP contribution in [0.5, 0.6) is 0 Å². The molecule has 0 saturated heterocycles. The zero-order valence-corrected chi connectivity index (χ0v) is 21.6. The van der Waals surface area contributed by atoms with Crippen molar-refractivity contribution in [2.24, 2.45) is 4.99 Å². The van der Waals surface area contributed by atoms with Crippen molar-refractivity contribution < 1.29 is 28.2 Å². The highest BCUT2D eigenvalue weighted by Gasteiger charge is 2.45. The van der Waals surface area contributed by atoms with Crippen molar-refractivity contribution in [2.75, 3.05) is 12.0 Å². The molecule has 0 saturated carbocycles. The van der Waals surface area contributed by atoms with Crippen molar-refractivity contribution in [3.8, 4) is 0 Å². The largest absolute Gasteiger partial charge is 0.465 e. The summed E-state index contributed by atoms with van der Waals surface area (Å²) in [4.78, 5) is 50.0. The lowest BCUT2D eigenvalue weighted by atomic mass is 9.99. The molecule has 1 aliphatic heterocycles. The summed E-state index contributed by atoms with van der Waals surface area (Å²) in [5, 5.41) is 2.55. The van der Waals surface area contributed by atoms with Crippen molar-refractivity contribution in [3.05, 3.63) is 89.4 Å². The number of ether oxygens (including phenoxy) is 2. The summed E-state index contributed by atoms with van der Waals surface area (Å²) in [5.41, 5.74) is -1.98. The van der Waals surface area contributed by atoms with E-state index in [1.54, 1.807) is 51.1 Å². The summed E-state index contributed by atoms with van der Waals surface area (Å²) >= 11 is 0. The third-order valence-corrected chi connectivity index (χ3v) is 5.63. The number of amides is 2. The van der Waals surface area contributed by atoms with E-state index in [1.807, 2.05) is 0 Å². The van der Waals surface area contributed by atoms with Crippen LogP contribution in [0.4, 0.5) is 20.7 Å². The smallest absolute Gasteiger partial charge is 0.409 e. The van der Waals surface area contributed by atoms with E-state index in [2.05, 4.69) is 15.3 Å². The van der Waals surface area contributed by atoms with Crippen LogP contribution >= 0.6 is 0 Å². The molecule has 2 amide bonds. The summed E-state index contributed by atoms with van der Waals surface area (Å²) < 4.78 is 25.4. The molecule has 0 spiro atoms. The van der Waals surface area contributed by atoms with Crippen molar-refractivity contribution in [1.82, 2.24) is 10.3 Å². The maximum absolute atomic E-state index is 15.1. The molecule has 0 radical (unpaired) electrons. The van der Waals surface area contributed by atoms with Gasteiger partial charge in [-0.3, -0.25) is 15.0 Å². The average Bonchev–Trinajstić information content (AvgIpc) is 2.95. The molecule has 1 aromatic heterocycles. The molecule has 0 fully saturated rings. The van der Waals surface area contributed by atoms with Gasteiger partial charge in [-0.05, 0) is 58.0 Å². The van der Waals surface area contributed by atoms with Gasteiger partial charge in [0, 0.05) is 17.3 Å². The van der Waals surface area contributed by atoms with Crippen LogP contribution in [0.15, 0.2) is 71.9 Å². The predicted molar refractivity (Wildman–Crippen MR) is 139 cm³/mol. The normalized spacial score (nSPS) is 17.2. The van der Waals surface area contributed by atoms with Gasteiger partial charge in [-0.2, -0.15) is 0 Å². The second-order valence-electron chi connectivity index (χ2n) is 9.66. The number of benzene rings is 2. The molecular weight excluding hydrogens is 491 g/mol. The van der Waals surface area contributed by atoms with Crippen LogP contribution in [0, 0.1) is 5.82 Å². The van der Waals surface area contributed by atoms with Gasteiger partial charge < -0.3 is 9.47 Å². The lowest BCUT2D eigenvalue weighted by Crippen LogP contribution is -2.56. The monoisotopic (exact) mass is 518 g/mol. The molecular formula is C28H27FN4O5. The standard InChI is InChI=1S/C28H27FN4O5/c1-27(2,3)38-26(36)32-28(4)25(35)33(23-19(24(34)37-5)13-10-16-30-23)21-15-9-7-12-18(21)22(31-28)17-11-6-8-14-20(17)29/h6-16H,1-5H3,(H,32,36). The van der Waals surface area contributed by atoms with E-state index in [9.17, 15) is 14.4 Å². The number of hydrogen-bond acceptors (Lipinski definition) is 7. The van der Waals surface area contributed by atoms with Gasteiger partial charge in [0.25, 0.3) is 5.91 Å². The maximum Gasteiger partial charge on any atom is 0.409 e. The Hall–Kier alpha value is -4.60. The molecule has 1 atom stereocenters. The van der Waals surface area contributed by atoms with Crippen LogP contribution in [0.2, 0.25) is 0 Å². The third kappa shape index (κ3) is 5.10. The molecule has 1 N–H and O–H groups in total. The Morgan fingerprint density at radius 2 is 1.66 bits per heavy atom. The van der Waals surface area contributed by atoms with Crippen LogP contribution in [0.1, 0.15) is 49.2 Å². The molecule has 3 aromatic rings. The zero-order valence-electron chi connectivity index (χ0n) is 21.6. The molecule has 1 unspecified atom stereocenters. The van der Waals surface area contributed by atoms with Gasteiger partial charge in [-0.1, -0.05) is 30.3 Å². The fraction of sp³-hybridized carbons (Fsp3) is 0.250. The quantitative estimate of drug-likeness (QED) is 0.499. The van der Waals surface area contributed by atoms with Crippen LogP contribution in [-0.4, -0.2) is 47.0 Å². The number of halogens is 1. The van der Waals surface area contributed by atoms with Gasteiger partial charge in [-0.25, -0.2) is 24.0 Å². The number of pyridine rings is 1. The van der Waals surface area contributed by atoms with E-state index in [0.717, 1.165) is 0 Å². The number of esters is 1. The summed E-state index contributed by atoms with van der Waals surface area (Å²) in [5.74, 6) is -2.10. The van der Waals surface area contributed by atoms with E-state index < -0.39 is 35.1 Å². The Balaban J connectivity index is 2.01. The molecule has 196 valence electrons. The first-order chi connectivity index (χ1) is 17.9. The number of carbonyl (C=O) groups is 3. The summed E-state index contributed by atoms with van der Waals surface area (Å²) in [6.45, 7) is 6.41. The van der Waals surface area contributed by atoms with Gasteiger partial charge in [0.15, 0.2) is 5.82 Å². The second kappa shape index (κ2) is 10.0. The number of para-hydroxylation sites is 1. The topological polar surface area (TPSA) is 110 Å². The molecule has 9 nitrogen and oxygen atoms in total. The van der Waals surface area contributed by atoms with Crippen LogP contribution in [0.25, 0.3) is 0 Å². The fourth-order valence-corrected chi connectivity index (χ4v) is 4.02. The van der Waals surface area contributed by atoms with E-state index in [4.69, 9.17) is 9.47 Å². The second-order valence-corrected chi connectivity index (χ2v) is 9.66. The number of anilines is 2. The number of hydrogen-bond donors (Lipinski definition) is 1. The summed E-state index contributed by atoms with van der Waals surface area (Å²) in [6.07, 6.45) is 0.505.